The summed E-state index contributed by atoms with van der Waals surface area (Å²) in [6, 6.07) is 7.88. The molecule has 2 atom stereocenters. The van der Waals surface area contributed by atoms with Crippen molar-refractivity contribution in [1.82, 2.24) is 9.80 Å². The van der Waals surface area contributed by atoms with E-state index in [1.54, 1.807) is 0 Å². The Bertz CT molecular complexity index is 538. The van der Waals surface area contributed by atoms with E-state index >= 15 is 0 Å². The van der Waals surface area contributed by atoms with E-state index in [2.05, 4.69) is 9.80 Å². The van der Waals surface area contributed by atoms with Crippen molar-refractivity contribution in [3.8, 4) is 11.5 Å². The Morgan fingerprint density at radius 2 is 0.839 bits per heavy atom. The van der Waals surface area contributed by atoms with Crippen LogP contribution in [0.4, 0.5) is 0 Å². The van der Waals surface area contributed by atoms with Crippen molar-refractivity contribution in [3.63, 3.8) is 0 Å². The summed E-state index contributed by atoms with van der Waals surface area (Å²) in [4.78, 5) is 4.63. The molecule has 31 heavy (non-hydrogen) atoms. The number of hydrogen-bond donors (Lipinski definition) is 0. The molecule has 2 bridgehead atoms. The predicted octanol–water partition coefficient (Wildman–Crippen LogP) is 1.53. The average Bonchev–Trinajstić information content (AvgIpc) is 2.78. The summed E-state index contributed by atoms with van der Waals surface area (Å²) in [5.41, 5.74) is 0. The number of hydrogen-bond acceptors (Lipinski definition) is 8. The van der Waals surface area contributed by atoms with Gasteiger partial charge in [0.1, 0.15) is 13.2 Å². The summed E-state index contributed by atoms with van der Waals surface area (Å²) in [5, 5.41) is 0. The fraction of sp³-hybridized carbons (Fsp3) is 0.739. The number of para-hydroxylation sites is 2. The summed E-state index contributed by atoms with van der Waals surface area (Å²) in [6.45, 7) is 11.5. The van der Waals surface area contributed by atoms with E-state index < -0.39 is 0 Å². The van der Waals surface area contributed by atoms with Crippen LogP contribution in [0.25, 0.3) is 0 Å². The Balaban J connectivity index is 1.67. The van der Waals surface area contributed by atoms with Gasteiger partial charge in [-0.15, -0.1) is 0 Å². The van der Waals surface area contributed by atoms with E-state index in [1.165, 1.54) is 0 Å². The molecule has 0 aromatic heterocycles. The molecule has 176 valence electrons. The summed E-state index contributed by atoms with van der Waals surface area (Å²) in [5.74, 6) is 1.57. The second kappa shape index (κ2) is 15.4. The average molecular weight is 439 g/mol. The maximum absolute atomic E-state index is 6.07. The smallest absolute Gasteiger partial charge is 0.161 e. The Hall–Kier alpha value is -1.42. The second-order valence-corrected chi connectivity index (χ2v) is 7.63. The van der Waals surface area contributed by atoms with E-state index in [1.807, 2.05) is 24.3 Å². The molecule has 3 aliphatic rings. The highest BCUT2D eigenvalue weighted by atomic mass is 16.5. The van der Waals surface area contributed by atoms with Crippen molar-refractivity contribution in [2.75, 3.05) is 105 Å². The predicted molar refractivity (Wildman–Crippen MR) is 118 cm³/mol. The first-order valence-corrected chi connectivity index (χ1v) is 11.5. The quantitative estimate of drug-likeness (QED) is 0.605. The number of rotatable bonds is 0. The van der Waals surface area contributed by atoms with Gasteiger partial charge in [0.25, 0.3) is 0 Å². The van der Waals surface area contributed by atoms with Crippen molar-refractivity contribution in [3.05, 3.63) is 24.3 Å². The van der Waals surface area contributed by atoms with Gasteiger partial charge in [0.05, 0.1) is 39.6 Å². The minimum Gasteiger partial charge on any atom is -0.488 e. The number of benzene rings is 1. The molecule has 2 unspecified atom stereocenters. The highest BCUT2D eigenvalue weighted by Gasteiger charge is 2.11. The molecule has 0 spiro atoms. The minimum atomic E-state index is 0.587. The fourth-order valence-electron chi connectivity index (χ4n) is 3.49. The number of nitrogens with zero attached hydrogens (tertiary/aromatic N) is 2. The van der Waals surface area contributed by atoms with Crippen LogP contribution in [0.2, 0.25) is 0 Å². The molecular weight excluding hydrogens is 400 g/mol. The van der Waals surface area contributed by atoms with Gasteiger partial charge in [-0.3, -0.25) is 9.80 Å². The van der Waals surface area contributed by atoms with Crippen LogP contribution >= 0.6 is 0 Å². The van der Waals surface area contributed by atoms with E-state index in [-0.39, 0.29) is 0 Å². The summed E-state index contributed by atoms with van der Waals surface area (Å²) in [6.07, 6.45) is 0.910. The zero-order valence-corrected chi connectivity index (χ0v) is 18.7. The molecule has 1 aromatic rings. The van der Waals surface area contributed by atoms with Crippen LogP contribution in [-0.4, -0.2) is 115 Å². The topological polar surface area (TPSA) is 61.9 Å². The molecule has 1 fully saturated rings. The van der Waals surface area contributed by atoms with E-state index in [0.29, 0.717) is 52.9 Å². The van der Waals surface area contributed by atoms with Gasteiger partial charge in [0.2, 0.25) is 0 Å². The van der Waals surface area contributed by atoms with Crippen LogP contribution in [0.5, 0.6) is 11.5 Å². The number of ether oxygens (including phenoxy) is 6. The third kappa shape index (κ3) is 10.2. The summed E-state index contributed by atoms with van der Waals surface area (Å²) < 4.78 is 35.3. The zero-order valence-electron chi connectivity index (χ0n) is 18.7. The Morgan fingerprint density at radius 3 is 1.29 bits per heavy atom. The van der Waals surface area contributed by atoms with Gasteiger partial charge in [-0.05, 0) is 18.6 Å². The van der Waals surface area contributed by atoms with Crippen LogP contribution < -0.4 is 9.47 Å². The molecule has 1 saturated heterocycles. The lowest BCUT2D eigenvalue weighted by Gasteiger charge is -2.24. The molecule has 0 N–H and O–H groups in total. The molecule has 0 aliphatic carbocycles. The lowest BCUT2D eigenvalue weighted by Crippen LogP contribution is -2.35. The standard InChI is InChI=1S/C23H38N2O6/c1-2-5-23-22(4-1)30-18-10-24-6-14-26-12-3-13-27-15-7-25(11-19-31-23)9-17-29-21-20-28-16-8-24/h1-2,4-5H,3,6-21H2. The SMILES string of the molecule is c1ccc2c(c1)OCCN1CCOCCCOCCN(CCOCCOCC1)CCO2. The molecule has 8 nitrogen and oxygen atoms in total. The van der Waals surface area contributed by atoms with Gasteiger partial charge in [0, 0.05) is 52.5 Å². The Kier molecular flexibility index (Phi) is 12.0. The van der Waals surface area contributed by atoms with E-state index in [4.69, 9.17) is 28.4 Å². The zero-order chi connectivity index (χ0) is 21.4. The van der Waals surface area contributed by atoms with Gasteiger partial charge in [0.15, 0.2) is 11.5 Å². The summed E-state index contributed by atoms with van der Waals surface area (Å²) in [7, 11) is 0. The molecule has 8 heteroatoms. The van der Waals surface area contributed by atoms with E-state index in [0.717, 1.165) is 70.4 Å². The van der Waals surface area contributed by atoms with Crippen LogP contribution in [0, 0.1) is 0 Å². The lowest BCUT2D eigenvalue weighted by molar-refractivity contribution is 0.0238. The monoisotopic (exact) mass is 438 g/mol. The van der Waals surface area contributed by atoms with Crippen molar-refractivity contribution in [2.45, 2.75) is 6.42 Å². The molecule has 0 saturated carbocycles. The molecular formula is C23H38N2O6. The van der Waals surface area contributed by atoms with Crippen LogP contribution in [0.1, 0.15) is 6.42 Å². The number of fused-ring (bicyclic) bond motifs is 19. The van der Waals surface area contributed by atoms with Gasteiger partial charge in [-0.2, -0.15) is 0 Å². The lowest BCUT2D eigenvalue weighted by atomic mass is 10.3. The maximum atomic E-state index is 6.07. The molecule has 4 rings (SSSR count). The first-order valence-electron chi connectivity index (χ1n) is 11.5. The van der Waals surface area contributed by atoms with E-state index in [9.17, 15) is 0 Å². The molecule has 0 radical (unpaired) electrons. The molecule has 1 aromatic carbocycles. The maximum Gasteiger partial charge on any atom is 0.161 e. The third-order valence-electron chi connectivity index (χ3n) is 5.34. The molecule has 0 amide bonds. The largest absolute Gasteiger partial charge is 0.488 e. The Labute approximate surface area is 186 Å². The van der Waals surface area contributed by atoms with Crippen molar-refractivity contribution >= 4 is 0 Å². The van der Waals surface area contributed by atoms with Gasteiger partial charge in [-0.1, -0.05) is 12.1 Å². The van der Waals surface area contributed by atoms with Crippen molar-refractivity contribution in [2.24, 2.45) is 0 Å². The van der Waals surface area contributed by atoms with Crippen molar-refractivity contribution < 1.29 is 28.4 Å². The van der Waals surface area contributed by atoms with Gasteiger partial charge < -0.3 is 28.4 Å². The highest BCUT2D eigenvalue weighted by Crippen LogP contribution is 2.26. The van der Waals surface area contributed by atoms with Gasteiger partial charge in [-0.25, -0.2) is 0 Å². The van der Waals surface area contributed by atoms with Crippen LogP contribution in [-0.2, 0) is 18.9 Å². The Morgan fingerprint density at radius 1 is 0.452 bits per heavy atom. The summed E-state index contributed by atoms with van der Waals surface area (Å²) >= 11 is 0. The molecule has 3 aliphatic heterocycles. The first-order chi connectivity index (χ1) is 15.4. The minimum absolute atomic E-state index is 0.587. The normalized spacial score (nSPS) is 26.5. The van der Waals surface area contributed by atoms with Gasteiger partial charge >= 0.3 is 0 Å². The third-order valence-corrected chi connectivity index (χ3v) is 5.34. The van der Waals surface area contributed by atoms with Crippen LogP contribution in [0.15, 0.2) is 24.3 Å². The highest BCUT2D eigenvalue weighted by molar-refractivity contribution is 5.39. The van der Waals surface area contributed by atoms with Crippen molar-refractivity contribution in [1.29, 1.82) is 0 Å². The first kappa shape index (κ1) is 24.2. The molecule has 3 heterocycles. The van der Waals surface area contributed by atoms with Crippen LogP contribution in [0.3, 0.4) is 0 Å². The second-order valence-electron chi connectivity index (χ2n) is 7.63. The fourth-order valence-corrected chi connectivity index (χ4v) is 3.49.